The Bertz CT molecular complexity index is 374. The van der Waals surface area contributed by atoms with Crippen molar-refractivity contribution in [1.29, 1.82) is 0 Å². The zero-order valence-corrected chi connectivity index (χ0v) is 6.25. The lowest BCUT2D eigenvalue weighted by molar-refractivity contribution is 0.0693. The fourth-order valence-corrected chi connectivity index (χ4v) is 0.868. The number of aldehydes is 1. The highest BCUT2D eigenvalue weighted by Crippen LogP contribution is 2.14. The lowest BCUT2D eigenvalue weighted by Crippen LogP contribution is -2.05. The summed E-state index contributed by atoms with van der Waals surface area (Å²) in [6, 6.07) is 1.50. The van der Waals surface area contributed by atoms with Gasteiger partial charge in [-0.05, 0) is 12.1 Å². The maximum atomic E-state index is 12.8. The van der Waals surface area contributed by atoms with E-state index in [1.54, 1.807) is 0 Å². The lowest BCUT2D eigenvalue weighted by Gasteiger charge is -2.00. The topological polar surface area (TPSA) is 54.4 Å². The second-order valence-corrected chi connectivity index (χ2v) is 2.25. The largest absolute Gasteiger partial charge is 0.478 e. The molecule has 13 heavy (non-hydrogen) atoms. The highest BCUT2D eigenvalue weighted by molar-refractivity contribution is 5.97. The van der Waals surface area contributed by atoms with Gasteiger partial charge < -0.3 is 5.11 Å². The summed E-state index contributed by atoms with van der Waals surface area (Å²) >= 11 is 0. The molecule has 0 heterocycles. The minimum absolute atomic E-state index is 0.0259. The van der Waals surface area contributed by atoms with Crippen LogP contribution in [0.5, 0.6) is 0 Å². The zero-order chi connectivity index (χ0) is 10.0. The van der Waals surface area contributed by atoms with Crippen LogP contribution in [0.15, 0.2) is 12.1 Å². The molecule has 0 aliphatic carbocycles. The quantitative estimate of drug-likeness (QED) is 0.711. The van der Waals surface area contributed by atoms with E-state index in [2.05, 4.69) is 0 Å². The number of benzene rings is 1. The first-order valence-corrected chi connectivity index (χ1v) is 3.24. The summed E-state index contributed by atoms with van der Waals surface area (Å²) in [4.78, 5) is 20.6. The third-order valence-electron chi connectivity index (χ3n) is 1.48. The Kier molecular flexibility index (Phi) is 2.36. The maximum Gasteiger partial charge on any atom is 0.336 e. The molecule has 0 bridgehead atoms. The summed E-state index contributed by atoms with van der Waals surface area (Å²) in [5.74, 6) is -4.15. The molecular formula is C8H4F2O3. The maximum absolute atomic E-state index is 12.8. The number of carboxylic acid groups (broad SMARTS) is 1. The monoisotopic (exact) mass is 186 g/mol. The van der Waals surface area contributed by atoms with Gasteiger partial charge in [0, 0.05) is 0 Å². The zero-order valence-electron chi connectivity index (χ0n) is 6.25. The molecule has 1 rings (SSSR count). The van der Waals surface area contributed by atoms with Crippen LogP contribution in [0, 0.1) is 11.6 Å². The van der Waals surface area contributed by atoms with Gasteiger partial charge in [0.15, 0.2) is 17.9 Å². The predicted molar refractivity (Wildman–Crippen MR) is 38.7 cm³/mol. The number of hydrogen-bond donors (Lipinski definition) is 1. The molecule has 3 nitrogen and oxygen atoms in total. The van der Waals surface area contributed by atoms with E-state index in [0.29, 0.717) is 6.07 Å². The van der Waals surface area contributed by atoms with Crippen molar-refractivity contribution in [2.24, 2.45) is 0 Å². The van der Waals surface area contributed by atoms with Crippen LogP contribution in [0.2, 0.25) is 0 Å². The molecular weight excluding hydrogens is 182 g/mol. The molecule has 0 aromatic heterocycles. The summed E-state index contributed by atoms with van der Waals surface area (Å²) < 4.78 is 25.2. The molecule has 0 aliphatic rings. The Hall–Kier alpha value is -1.78. The number of hydrogen-bond acceptors (Lipinski definition) is 2. The standard InChI is InChI=1S/C8H4F2O3/c9-6-2-1-4(8(12)13)5(3-11)7(6)10/h1-3H,(H,12,13). The van der Waals surface area contributed by atoms with E-state index >= 15 is 0 Å². The van der Waals surface area contributed by atoms with Gasteiger partial charge in [-0.25, -0.2) is 13.6 Å². The first-order chi connectivity index (χ1) is 6.07. The van der Waals surface area contributed by atoms with Crippen LogP contribution in [-0.4, -0.2) is 17.4 Å². The van der Waals surface area contributed by atoms with Crippen LogP contribution < -0.4 is 0 Å². The number of carboxylic acids is 1. The fourth-order valence-electron chi connectivity index (χ4n) is 0.868. The Morgan fingerprint density at radius 3 is 2.46 bits per heavy atom. The molecule has 68 valence electrons. The van der Waals surface area contributed by atoms with E-state index in [9.17, 15) is 18.4 Å². The third-order valence-corrected chi connectivity index (χ3v) is 1.48. The van der Waals surface area contributed by atoms with Crippen molar-refractivity contribution < 1.29 is 23.5 Å². The summed E-state index contributed by atoms with van der Waals surface area (Å²) in [6.45, 7) is 0. The Balaban J connectivity index is 3.47. The summed E-state index contributed by atoms with van der Waals surface area (Å²) in [5.41, 5.74) is -1.32. The summed E-state index contributed by atoms with van der Waals surface area (Å²) in [7, 11) is 0. The van der Waals surface area contributed by atoms with E-state index < -0.39 is 28.7 Å². The summed E-state index contributed by atoms with van der Waals surface area (Å²) in [5, 5.41) is 8.46. The Morgan fingerprint density at radius 1 is 1.38 bits per heavy atom. The molecule has 0 radical (unpaired) electrons. The van der Waals surface area contributed by atoms with Crippen molar-refractivity contribution >= 4 is 12.3 Å². The number of carbonyl (C=O) groups is 2. The van der Waals surface area contributed by atoms with Crippen molar-refractivity contribution in [2.45, 2.75) is 0 Å². The van der Waals surface area contributed by atoms with Crippen LogP contribution in [0.1, 0.15) is 20.7 Å². The van der Waals surface area contributed by atoms with Crippen molar-refractivity contribution in [1.82, 2.24) is 0 Å². The second kappa shape index (κ2) is 3.30. The molecule has 0 amide bonds. The van der Waals surface area contributed by atoms with Crippen molar-refractivity contribution in [2.75, 3.05) is 0 Å². The smallest absolute Gasteiger partial charge is 0.336 e. The number of aromatic carboxylic acids is 1. The van der Waals surface area contributed by atoms with Gasteiger partial charge in [0.1, 0.15) is 0 Å². The normalized spacial score (nSPS) is 9.69. The molecule has 1 aromatic rings. The van der Waals surface area contributed by atoms with Crippen LogP contribution in [0.3, 0.4) is 0 Å². The third kappa shape index (κ3) is 1.53. The summed E-state index contributed by atoms with van der Waals surface area (Å²) in [6.07, 6.45) is -0.0259. The second-order valence-electron chi connectivity index (χ2n) is 2.25. The van der Waals surface area contributed by atoms with Crippen molar-refractivity contribution in [3.05, 3.63) is 34.9 Å². The first-order valence-electron chi connectivity index (χ1n) is 3.24. The van der Waals surface area contributed by atoms with Crippen molar-refractivity contribution in [3.63, 3.8) is 0 Å². The van der Waals surface area contributed by atoms with Crippen LogP contribution >= 0.6 is 0 Å². The highest BCUT2D eigenvalue weighted by Gasteiger charge is 2.16. The Morgan fingerprint density at radius 2 is 2.00 bits per heavy atom. The number of rotatable bonds is 2. The van der Waals surface area contributed by atoms with E-state index in [1.165, 1.54) is 0 Å². The highest BCUT2D eigenvalue weighted by atomic mass is 19.2. The van der Waals surface area contributed by atoms with Gasteiger partial charge in [-0.15, -0.1) is 0 Å². The minimum atomic E-state index is -1.47. The van der Waals surface area contributed by atoms with Gasteiger partial charge in [0.25, 0.3) is 0 Å². The molecule has 5 heteroatoms. The average Bonchev–Trinajstić information content (AvgIpc) is 2.09. The average molecular weight is 186 g/mol. The van der Waals surface area contributed by atoms with Crippen molar-refractivity contribution in [3.8, 4) is 0 Å². The molecule has 0 spiro atoms. The van der Waals surface area contributed by atoms with E-state index in [-0.39, 0.29) is 6.29 Å². The van der Waals surface area contributed by atoms with E-state index in [1.807, 2.05) is 0 Å². The predicted octanol–water partition coefficient (Wildman–Crippen LogP) is 1.48. The molecule has 0 fully saturated rings. The van der Waals surface area contributed by atoms with Crippen LogP contribution in [0.4, 0.5) is 8.78 Å². The van der Waals surface area contributed by atoms with Gasteiger partial charge in [-0.1, -0.05) is 0 Å². The van der Waals surface area contributed by atoms with Crippen LogP contribution in [0.25, 0.3) is 0 Å². The van der Waals surface area contributed by atoms with Crippen LogP contribution in [-0.2, 0) is 0 Å². The molecule has 1 aromatic carbocycles. The molecule has 0 atom stereocenters. The van der Waals surface area contributed by atoms with E-state index in [0.717, 1.165) is 6.07 Å². The molecule has 0 unspecified atom stereocenters. The van der Waals surface area contributed by atoms with Gasteiger partial charge in [0.2, 0.25) is 0 Å². The lowest BCUT2D eigenvalue weighted by atomic mass is 10.1. The van der Waals surface area contributed by atoms with Gasteiger partial charge in [0.05, 0.1) is 11.1 Å². The van der Waals surface area contributed by atoms with E-state index in [4.69, 9.17) is 5.11 Å². The molecule has 0 aliphatic heterocycles. The van der Waals surface area contributed by atoms with Gasteiger partial charge in [-0.2, -0.15) is 0 Å². The molecule has 0 saturated heterocycles. The number of carbonyl (C=O) groups excluding carboxylic acids is 1. The first kappa shape index (κ1) is 9.31. The van der Waals surface area contributed by atoms with Gasteiger partial charge in [-0.3, -0.25) is 4.79 Å². The molecule has 1 N–H and O–H groups in total. The Labute approximate surface area is 71.6 Å². The van der Waals surface area contributed by atoms with Gasteiger partial charge >= 0.3 is 5.97 Å². The fraction of sp³-hybridized carbons (Fsp3) is 0. The minimum Gasteiger partial charge on any atom is -0.478 e. The SMILES string of the molecule is O=Cc1c(C(=O)O)ccc(F)c1F. The molecule has 0 saturated carbocycles. The number of halogens is 2.